The maximum absolute atomic E-state index is 2.75. The number of hydrogen-bond donors (Lipinski definition) is 0. The molecule has 0 aromatic heterocycles. The van der Waals surface area contributed by atoms with Crippen LogP contribution in [0.3, 0.4) is 0 Å². The van der Waals surface area contributed by atoms with E-state index in [1.165, 1.54) is 204 Å². The highest BCUT2D eigenvalue weighted by molar-refractivity contribution is 5.46. The van der Waals surface area contributed by atoms with Crippen molar-refractivity contribution in [3.05, 3.63) is 207 Å². The van der Waals surface area contributed by atoms with Crippen molar-refractivity contribution in [3.8, 4) is 0 Å². The van der Waals surface area contributed by atoms with Gasteiger partial charge in [0.15, 0.2) is 0 Å². The summed E-state index contributed by atoms with van der Waals surface area (Å²) in [5.41, 5.74) is 36.3. The molecule has 0 saturated carbocycles. The zero-order chi connectivity index (χ0) is 50.8. The second kappa shape index (κ2) is 22.5. The minimum atomic E-state index is 0.189. The van der Waals surface area contributed by atoms with Gasteiger partial charge in [0.1, 0.15) is 0 Å². The third kappa shape index (κ3) is 12.3. The summed E-state index contributed by atoms with van der Waals surface area (Å²) in [4.78, 5) is 0. The molecule has 0 spiro atoms. The molecular weight excluding hydrogens is 889 g/mol. The first-order valence-corrected chi connectivity index (χ1v) is 30.7. The second-order valence-corrected chi connectivity index (χ2v) is 26.7. The molecule has 388 valence electrons. The lowest BCUT2D eigenvalue weighted by molar-refractivity contribution is 0.587. The molecule has 6 aromatic rings. The molecule has 0 heterocycles. The Balaban J connectivity index is 0.808. The van der Waals surface area contributed by atoms with Crippen LogP contribution in [0.25, 0.3) is 0 Å². The van der Waals surface area contributed by atoms with Gasteiger partial charge in [0, 0.05) is 0 Å². The van der Waals surface area contributed by atoms with E-state index in [1.54, 1.807) is 111 Å². The van der Waals surface area contributed by atoms with Crippen LogP contribution >= 0.6 is 0 Å². The van der Waals surface area contributed by atoms with Crippen LogP contribution in [0.15, 0.2) is 84.9 Å². The average Bonchev–Trinajstić information content (AvgIpc) is 3.35. The van der Waals surface area contributed by atoms with E-state index in [0.717, 1.165) is 0 Å². The summed E-state index contributed by atoms with van der Waals surface area (Å²) in [6, 6.07) is 37.1. The predicted molar refractivity (Wildman–Crippen MR) is 316 cm³/mol. The fourth-order valence-electron chi connectivity index (χ4n) is 14.6. The predicted octanol–water partition coefficient (Wildman–Crippen LogP) is 17.6. The summed E-state index contributed by atoms with van der Waals surface area (Å²) in [6.07, 6.45) is 36.5. The van der Waals surface area contributed by atoms with Crippen LogP contribution < -0.4 is 0 Å². The van der Waals surface area contributed by atoms with Gasteiger partial charge in [-0.05, 0) is 326 Å². The van der Waals surface area contributed by atoms with E-state index >= 15 is 0 Å². The molecule has 5 aliphatic carbocycles. The lowest BCUT2D eigenvalue weighted by atomic mass is 9.82. The molecule has 0 amide bonds. The Morgan fingerprint density at radius 2 is 0.311 bits per heavy atom. The summed E-state index contributed by atoms with van der Waals surface area (Å²) >= 11 is 0. The highest BCUT2D eigenvalue weighted by atomic mass is 14.3. The van der Waals surface area contributed by atoms with Crippen molar-refractivity contribution in [1.29, 1.82) is 0 Å². The lowest BCUT2D eigenvalue weighted by Gasteiger charge is -2.24. The number of hydrogen-bond acceptors (Lipinski definition) is 0. The van der Waals surface area contributed by atoms with Crippen LogP contribution in [0.2, 0.25) is 0 Å². The van der Waals surface area contributed by atoms with Crippen molar-refractivity contribution in [2.75, 3.05) is 0 Å². The largest absolute Gasteiger partial charge is 0.0561 e. The summed E-state index contributed by atoms with van der Waals surface area (Å²) in [6.45, 7) is 14.3. The van der Waals surface area contributed by atoms with Crippen molar-refractivity contribution < 1.29 is 0 Å². The average molecular weight is 982 g/mol. The van der Waals surface area contributed by atoms with Crippen molar-refractivity contribution in [1.82, 2.24) is 0 Å². The number of aryl methyl sites for hydroxylation is 20. The van der Waals surface area contributed by atoms with Gasteiger partial charge in [0.05, 0.1) is 0 Å². The van der Waals surface area contributed by atoms with Crippen LogP contribution in [0.5, 0.6) is 0 Å². The summed E-state index contributed by atoms with van der Waals surface area (Å²) < 4.78 is 0. The summed E-state index contributed by atoms with van der Waals surface area (Å²) in [5, 5.41) is 0. The Kier molecular flexibility index (Phi) is 15.6. The van der Waals surface area contributed by atoms with E-state index in [9.17, 15) is 0 Å². The second-order valence-electron chi connectivity index (χ2n) is 26.7. The molecule has 11 rings (SSSR count). The fraction of sp³-hybridized carbons (Fsp3) is 0.514. The molecule has 74 heavy (non-hydrogen) atoms. The van der Waals surface area contributed by atoms with Crippen molar-refractivity contribution >= 4 is 0 Å². The molecule has 0 aliphatic heterocycles. The quantitative estimate of drug-likeness (QED) is 0.142. The molecule has 5 aliphatic rings. The van der Waals surface area contributed by atoms with E-state index in [0.29, 0.717) is 0 Å². The van der Waals surface area contributed by atoms with Crippen molar-refractivity contribution in [3.63, 3.8) is 0 Å². The Bertz CT molecular complexity index is 2610. The molecule has 0 saturated heterocycles. The Hall–Kier alpha value is -4.68. The molecule has 0 N–H and O–H groups in total. The maximum Gasteiger partial charge on any atom is -0.0132 e. The zero-order valence-electron chi connectivity index (χ0n) is 47.3. The molecule has 0 fully saturated rings. The Morgan fingerprint density at radius 3 is 0.446 bits per heavy atom. The van der Waals surface area contributed by atoms with Crippen LogP contribution in [-0.2, 0) is 139 Å². The van der Waals surface area contributed by atoms with Crippen molar-refractivity contribution in [2.24, 2.45) is 0 Å². The molecule has 6 aromatic carbocycles. The van der Waals surface area contributed by atoms with E-state index in [-0.39, 0.29) is 10.8 Å². The number of fused-ring (bicyclic) bond motifs is 28. The molecule has 0 atom stereocenters. The summed E-state index contributed by atoms with van der Waals surface area (Å²) in [5.74, 6) is 0. The Morgan fingerprint density at radius 1 is 0.176 bits per heavy atom. The highest BCUT2D eigenvalue weighted by Crippen LogP contribution is 2.35. The third-order valence-corrected chi connectivity index (χ3v) is 18.9. The lowest BCUT2D eigenvalue weighted by Crippen LogP contribution is -2.13. The normalized spacial score (nSPS) is 18.1. The van der Waals surface area contributed by atoms with E-state index in [4.69, 9.17) is 0 Å². The molecule has 0 nitrogen and oxygen atoms in total. The van der Waals surface area contributed by atoms with Crippen LogP contribution in [0, 0.1) is 0 Å². The van der Waals surface area contributed by atoms with Gasteiger partial charge in [-0.15, -0.1) is 0 Å². The number of benzene rings is 6. The van der Waals surface area contributed by atoms with E-state index in [2.05, 4.69) is 126 Å². The first-order valence-electron chi connectivity index (χ1n) is 30.7. The van der Waals surface area contributed by atoms with Crippen molar-refractivity contribution in [2.45, 2.75) is 245 Å². The smallest absolute Gasteiger partial charge is 0.0132 e. The van der Waals surface area contributed by atoms with Gasteiger partial charge in [-0.1, -0.05) is 126 Å². The zero-order valence-corrected chi connectivity index (χ0v) is 47.3. The minimum Gasteiger partial charge on any atom is -0.0561 e. The molecule has 0 radical (unpaired) electrons. The first kappa shape index (κ1) is 51.4. The Labute approximate surface area is 450 Å². The van der Waals surface area contributed by atoms with Gasteiger partial charge >= 0.3 is 0 Å². The highest BCUT2D eigenvalue weighted by Gasteiger charge is 2.22. The van der Waals surface area contributed by atoms with Gasteiger partial charge in [-0.3, -0.25) is 0 Å². The standard InChI is InChI=1S/C74H92/c1-73(2,3)71-39-51-17-7-21-55-43-56(22-8-18-52(37-51)40-71)60-26-12-30-64-47-63(29-11-25-59(55)45-60)67-33-15-35-69-50-70(36-16-34-68(64)49-67)66-32-14-28-62-46-61(27-13-31-65(69)48-66)57-23-9-19-53-38-54(20-10-24-58(62)44-57)42-72(41-53)74(4,5)6/h37-50H,7-36H2,1-6H3. The molecular formula is C74H92. The van der Waals surface area contributed by atoms with Gasteiger partial charge in [0.2, 0.25) is 0 Å². The number of rotatable bonds is 0. The van der Waals surface area contributed by atoms with Crippen LogP contribution in [0.4, 0.5) is 0 Å². The molecule has 0 heteroatoms. The maximum atomic E-state index is 2.75. The van der Waals surface area contributed by atoms with Crippen LogP contribution in [-0.4, -0.2) is 0 Å². The topological polar surface area (TPSA) is 0 Å². The SMILES string of the molecule is CC(C)(C)c1cc2cc(c1)CCCc1cc(c3cc1CCCc1cc(c4cc1CCCc1cc(c5cc1CCCc1cc(c6cc1CCCc1cc(cc(C(C)(C)C)c1)CCC6)CCC5)CCC4)CCC3)CCC2. The third-order valence-electron chi connectivity index (χ3n) is 18.9. The van der Waals surface area contributed by atoms with Gasteiger partial charge in [0.25, 0.3) is 0 Å². The molecule has 0 unspecified atom stereocenters. The van der Waals surface area contributed by atoms with Crippen LogP contribution in [0.1, 0.15) is 228 Å². The fourth-order valence-corrected chi connectivity index (χ4v) is 14.6. The van der Waals surface area contributed by atoms with E-state index < -0.39 is 0 Å². The van der Waals surface area contributed by atoms with Gasteiger partial charge in [-0.25, -0.2) is 0 Å². The molecule has 20 bridgehead atoms. The first-order chi connectivity index (χ1) is 35.8. The minimum absolute atomic E-state index is 0.189. The van der Waals surface area contributed by atoms with Gasteiger partial charge in [-0.2, -0.15) is 0 Å². The van der Waals surface area contributed by atoms with E-state index in [1.807, 2.05) is 0 Å². The van der Waals surface area contributed by atoms with Gasteiger partial charge < -0.3 is 0 Å². The summed E-state index contributed by atoms with van der Waals surface area (Å²) in [7, 11) is 0. The monoisotopic (exact) mass is 981 g/mol.